The van der Waals surface area contributed by atoms with Crippen LogP contribution < -0.4 is 11.2 Å². The van der Waals surface area contributed by atoms with Gasteiger partial charge in [0.1, 0.15) is 5.69 Å². The maximum atomic E-state index is 11.3. The molecular formula is C11H8ClN3O2. The van der Waals surface area contributed by atoms with Gasteiger partial charge in [-0.05, 0) is 17.7 Å². The standard InChI is InChI=1S/C11H8ClN3O2/c12-8-3-1-7(2-4-8)5-13-9-6-14-11(17)15-10(9)16/h1-6H,(H2,14,15,16,17). The van der Waals surface area contributed by atoms with Crippen LogP contribution in [0.1, 0.15) is 5.56 Å². The number of halogens is 1. The van der Waals surface area contributed by atoms with Gasteiger partial charge < -0.3 is 4.98 Å². The van der Waals surface area contributed by atoms with Gasteiger partial charge in [-0.3, -0.25) is 9.78 Å². The van der Waals surface area contributed by atoms with E-state index in [2.05, 4.69) is 15.0 Å². The Labute approximate surface area is 101 Å². The average Bonchev–Trinajstić information content (AvgIpc) is 2.30. The van der Waals surface area contributed by atoms with Crippen LogP contribution in [0.2, 0.25) is 5.02 Å². The van der Waals surface area contributed by atoms with Gasteiger partial charge in [-0.1, -0.05) is 23.7 Å². The van der Waals surface area contributed by atoms with Crippen molar-refractivity contribution in [1.29, 1.82) is 0 Å². The van der Waals surface area contributed by atoms with Gasteiger partial charge in [0.25, 0.3) is 5.56 Å². The number of rotatable bonds is 2. The van der Waals surface area contributed by atoms with E-state index in [0.29, 0.717) is 5.02 Å². The van der Waals surface area contributed by atoms with Gasteiger partial charge in [-0.2, -0.15) is 0 Å². The predicted molar refractivity (Wildman–Crippen MR) is 66.4 cm³/mol. The predicted octanol–water partition coefficient (Wildman–Crippen LogP) is 1.47. The fourth-order valence-corrected chi connectivity index (χ4v) is 1.32. The van der Waals surface area contributed by atoms with Crippen LogP contribution in [0.4, 0.5) is 5.69 Å². The summed E-state index contributed by atoms with van der Waals surface area (Å²) in [7, 11) is 0. The van der Waals surface area contributed by atoms with E-state index in [1.807, 2.05) is 0 Å². The van der Waals surface area contributed by atoms with Gasteiger partial charge in [0.2, 0.25) is 0 Å². The molecule has 2 rings (SSSR count). The second kappa shape index (κ2) is 4.80. The molecule has 0 saturated heterocycles. The van der Waals surface area contributed by atoms with E-state index in [0.717, 1.165) is 5.56 Å². The summed E-state index contributed by atoms with van der Waals surface area (Å²) in [4.78, 5) is 30.5. The van der Waals surface area contributed by atoms with Crippen LogP contribution in [-0.4, -0.2) is 16.2 Å². The highest BCUT2D eigenvalue weighted by Crippen LogP contribution is 2.08. The first-order valence-electron chi connectivity index (χ1n) is 4.77. The van der Waals surface area contributed by atoms with E-state index in [4.69, 9.17) is 11.6 Å². The largest absolute Gasteiger partial charge is 0.325 e. The maximum absolute atomic E-state index is 11.3. The summed E-state index contributed by atoms with van der Waals surface area (Å²) in [6, 6.07) is 6.98. The zero-order valence-electron chi connectivity index (χ0n) is 8.61. The van der Waals surface area contributed by atoms with Crippen molar-refractivity contribution in [2.24, 2.45) is 4.99 Å². The first-order chi connectivity index (χ1) is 8.15. The van der Waals surface area contributed by atoms with Crippen LogP contribution in [-0.2, 0) is 0 Å². The monoisotopic (exact) mass is 249 g/mol. The number of aromatic amines is 2. The van der Waals surface area contributed by atoms with Crippen LogP contribution in [0.25, 0.3) is 0 Å². The molecule has 0 radical (unpaired) electrons. The molecule has 0 spiro atoms. The zero-order valence-corrected chi connectivity index (χ0v) is 9.36. The Kier molecular flexibility index (Phi) is 3.20. The molecule has 0 saturated carbocycles. The number of aliphatic imine (C=N–C) groups is 1. The van der Waals surface area contributed by atoms with E-state index in [-0.39, 0.29) is 5.69 Å². The Bertz CT molecular complexity index is 655. The molecule has 0 atom stereocenters. The molecule has 0 aliphatic heterocycles. The Morgan fingerprint density at radius 2 is 1.88 bits per heavy atom. The average molecular weight is 250 g/mol. The zero-order chi connectivity index (χ0) is 12.3. The fourth-order valence-electron chi connectivity index (χ4n) is 1.19. The van der Waals surface area contributed by atoms with Gasteiger partial charge in [-0.15, -0.1) is 0 Å². The van der Waals surface area contributed by atoms with Crippen LogP contribution in [0, 0.1) is 0 Å². The lowest BCUT2D eigenvalue weighted by Gasteiger charge is -1.93. The number of aromatic nitrogens is 2. The first kappa shape index (κ1) is 11.3. The number of benzene rings is 1. The van der Waals surface area contributed by atoms with Crippen molar-refractivity contribution in [2.45, 2.75) is 0 Å². The van der Waals surface area contributed by atoms with Gasteiger partial charge in [0, 0.05) is 17.4 Å². The minimum absolute atomic E-state index is 0.138. The smallest absolute Gasteiger partial charge is 0.312 e. The Balaban J connectivity index is 2.29. The van der Waals surface area contributed by atoms with E-state index in [1.54, 1.807) is 24.3 Å². The number of nitrogens with zero attached hydrogens (tertiary/aromatic N) is 1. The van der Waals surface area contributed by atoms with Gasteiger partial charge >= 0.3 is 5.69 Å². The van der Waals surface area contributed by atoms with Crippen molar-refractivity contribution < 1.29 is 0 Å². The van der Waals surface area contributed by atoms with Crippen LogP contribution >= 0.6 is 11.6 Å². The van der Waals surface area contributed by atoms with Crippen LogP contribution in [0.3, 0.4) is 0 Å². The molecule has 86 valence electrons. The SMILES string of the molecule is O=c1[nH]cc(N=Cc2ccc(Cl)cc2)c(=O)[nH]1. The topological polar surface area (TPSA) is 78.1 Å². The quantitative estimate of drug-likeness (QED) is 0.791. The molecule has 2 aromatic rings. The minimum atomic E-state index is -0.555. The number of hydrogen-bond donors (Lipinski definition) is 2. The molecule has 5 nitrogen and oxygen atoms in total. The summed E-state index contributed by atoms with van der Waals surface area (Å²) in [5.74, 6) is 0. The molecule has 2 N–H and O–H groups in total. The second-order valence-corrected chi connectivity index (χ2v) is 3.70. The lowest BCUT2D eigenvalue weighted by Crippen LogP contribution is -2.20. The van der Waals surface area contributed by atoms with Crippen molar-refractivity contribution >= 4 is 23.5 Å². The van der Waals surface area contributed by atoms with E-state index in [9.17, 15) is 9.59 Å². The first-order valence-corrected chi connectivity index (χ1v) is 5.14. The lowest BCUT2D eigenvalue weighted by atomic mass is 10.2. The Hall–Kier alpha value is -2.14. The lowest BCUT2D eigenvalue weighted by molar-refractivity contribution is 1.03. The van der Waals surface area contributed by atoms with E-state index < -0.39 is 11.2 Å². The second-order valence-electron chi connectivity index (χ2n) is 3.27. The minimum Gasteiger partial charge on any atom is -0.312 e. The van der Waals surface area contributed by atoms with Crippen molar-refractivity contribution in [3.05, 3.63) is 61.9 Å². The molecule has 0 fully saturated rings. The molecular weight excluding hydrogens is 242 g/mol. The summed E-state index contributed by atoms with van der Waals surface area (Å²) in [5.41, 5.74) is -0.140. The molecule has 0 bridgehead atoms. The highest BCUT2D eigenvalue weighted by atomic mass is 35.5. The van der Waals surface area contributed by atoms with E-state index >= 15 is 0 Å². The van der Waals surface area contributed by atoms with Gasteiger partial charge in [-0.25, -0.2) is 9.79 Å². The summed E-state index contributed by atoms with van der Waals surface area (Å²) < 4.78 is 0. The van der Waals surface area contributed by atoms with Crippen molar-refractivity contribution in [3.8, 4) is 0 Å². The Morgan fingerprint density at radius 1 is 1.18 bits per heavy atom. The van der Waals surface area contributed by atoms with Crippen LogP contribution in [0.15, 0.2) is 45.0 Å². The molecule has 1 heterocycles. The summed E-state index contributed by atoms with van der Waals surface area (Å²) in [6.07, 6.45) is 2.77. The normalized spacial score (nSPS) is 10.9. The van der Waals surface area contributed by atoms with Crippen LogP contribution in [0.5, 0.6) is 0 Å². The third-order valence-corrected chi connectivity index (χ3v) is 2.27. The number of hydrogen-bond acceptors (Lipinski definition) is 3. The van der Waals surface area contributed by atoms with E-state index in [1.165, 1.54) is 12.4 Å². The third kappa shape index (κ3) is 2.92. The summed E-state index contributed by atoms with van der Waals surface area (Å²) in [5, 5.41) is 0.629. The number of H-pyrrole nitrogens is 2. The van der Waals surface area contributed by atoms with Gasteiger partial charge in [0.15, 0.2) is 0 Å². The highest BCUT2D eigenvalue weighted by molar-refractivity contribution is 6.30. The highest BCUT2D eigenvalue weighted by Gasteiger charge is 1.96. The third-order valence-electron chi connectivity index (χ3n) is 2.02. The molecule has 0 unspecified atom stereocenters. The molecule has 0 aliphatic rings. The summed E-state index contributed by atoms with van der Waals surface area (Å²) in [6.45, 7) is 0. The summed E-state index contributed by atoms with van der Waals surface area (Å²) >= 11 is 5.73. The van der Waals surface area contributed by atoms with Crippen molar-refractivity contribution in [1.82, 2.24) is 9.97 Å². The van der Waals surface area contributed by atoms with Gasteiger partial charge in [0.05, 0.1) is 0 Å². The Morgan fingerprint density at radius 3 is 2.53 bits per heavy atom. The number of nitrogens with one attached hydrogen (secondary N) is 2. The van der Waals surface area contributed by atoms with Crippen molar-refractivity contribution in [3.63, 3.8) is 0 Å². The molecule has 1 aromatic carbocycles. The fraction of sp³-hybridized carbons (Fsp3) is 0. The molecule has 6 heteroatoms. The van der Waals surface area contributed by atoms with Crippen molar-refractivity contribution in [2.75, 3.05) is 0 Å². The molecule has 1 aromatic heterocycles. The maximum Gasteiger partial charge on any atom is 0.325 e. The molecule has 0 aliphatic carbocycles. The molecule has 0 amide bonds. The molecule has 17 heavy (non-hydrogen) atoms.